The van der Waals surface area contributed by atoms with Crippen molar-refractivity contribution < 1.29 is 29.7 Å². The second-order valence-corrected chi connectivity index (χ2v) is 6.01. The summed E-state index contributed by atoms with van der Waals surface area (Å²) in [6.45, 7) is 7.66. The van der Waals surface area contributed by atoms with Crippen molar-refractivity contribution in [2.45, 2.75) is 38.6 Å². The van der Waals surface area contributed by atoms with Crippen LogP contribution in [0.25, 0.3) is 0 Å². The van der Waals surface area contributed by atoms with Gasteiger partial charge in [0.05, 0.1) is 0 Å². The first kappa shape index (κ1) is 24.4. The molecule has 0 saturated heterocycles. The van der Waals surface area contributed by atoms with Gasteiger partial charge in [0.2, 0.25) is 0 Å². The van der Waals surface area contributed by atoms with Crippen LogP contribution in [-0.2, 0) is 14.4 Å². The number of rotatable bonds is 0. The van der Waals surface area contributed by atoms with Crippen LogP contribution in [0.5, 0.6) is 0 Å². The van der Waals surface area contributed by atoms with E-state index >= 15 is 0 Å². The van der Waals surface area contributed by atoms with Crippen LogP contribution in [0.2, 0.25) is 3.93 Å². The number of hydrogen-bond donors (Lipinski definition) is 3. The topological polar surface area (TPSA) is 112 Å². The Kier molecular flexibility index (Phi) is 30.1. The number of carboxylic acids is 3. The van der Waals surface area contributed by atoms with Crippen molar-refractivity contribution in [1.29, 1.82) is 0 Å². The molecule has 3 radical (unpaired) electrons. The molecule has 0 aromatic carbocycles. The monoisotopic (exact) mass is 343 g/mol. The van der Waals surface area contributed by atoms with E-state index in [1.807, 2.05) is 0 Å². The Morgan fingerprint density at radius 3 is 0.812 bits per heavy atom. The first-order valence-corrected chi connectivity index (χ1v) is 5.87. The molecule has 0 aliphatic rings. The van der Waals surface area contributed by atoms with E-state index in [1.165, 1.54) is 0 Å². The molecule has 0 saturated carbocycles. The fraction of sp³-hybridized carbons (Fsp3) is 0.667. The van der Waals surface area contributed by atoms with Gasteiger partial charge >= 0.3 is 40.3 Å². The molecular formula is C9H19O6Sn. The molecule has 0 atom stereocenters. The molecule has 0 amide bonds. The van der Waals surface area contributed by atoms with Crippen LogP contribution in [0.1, 0.15) is 34.6 Å². The molecule has 0 aliphatic heterocycles. The molecule has 0 aromatic heterocycles. The van der Waals surface area contributed by atoms with E-state index in [0.29, 0.717) is 0 Å². The van der Waals surface area contributed by atoms with E-state index in [4.69, 9.17) is 29.7 Å². The molecule has 95 valence electrons. The van der Waals surface area contributed by atoms with Gasteiger partial charge in [-0.15, -0.1) is 0 Å². The Bertz CT molecular complexity index is 147. The number of aliphatic carboxylic acids is 3. The van der Waals surface area contributed by atoms with Gasteiger partial charge in [0, 0.05) is 20.8 Å². The maximum atomic E-state index is 9.00. The summed E-state index contributed by atoms with van der Waals surface area (Å²) in [5, 5.41) is 22.2. The van der Waals surface area contributed by atoms with Gasteiger partial charge in [0.1, 0.15) is 0 Å². The Morgan fingerprint density at radius 2 is 0.812 bits per heavy atom. The van der Waals surface area contributed by atoms with E-state index in [2.05, 4.69) is 13.8 Å². The normalized spacial score (nSPS) is 6.94. The predicted molar refractivity (Wildman–Crippen MR) is 60.8 cm³/mol. The summed E-state index contributed by atoms with van der Waals surface area (Å²) in [4.78, 5) is 27.0. The molecular weight excluding hydrogens is 323 g/mol. The second-order valence-electron chi connectivity index (χ2n) is 2.71. The molecule has 7 heteroatoms. The van der Waals surface area contributed by atoms with E-state index in [1.54, 1.807) is 22.5 Å². The SMILES string of the molecule is CC(=O)O.CC(=O)O.CC(=O)O.C[CH](C)[Sn]. The van der Waals surface area contributed by atoms with Gasteiger partial charge < -0.3 is 15.3 Å². The van der Waals surface area contributed by atoms with E-state index in [0.717, 1.165) is 24.7 Å². The molecule has 0 bridgehead atoms. The molecule has 0 rings (SSSR count). The van der Waals surface area contributed by atoms with Gasteiger partial charge in [-0.2, -0.15) is 0 Å². The van der Waals surface area contributed by atoms with Crippen LogP contribution >= 0.6 is 0 Å². The average molecular weight is 342 g/mol. The summed E-state index contributed by atoms with van der Waals surface area (Å²) < 4.78 is 0.923. The van der Waals surface area contributed by atoms with Crippen molar-refractivity contribution in [2.75, 3.05) is 0 Å². The number of carboxylic acid groups (broad SMARTS) is 3. The average Bonchev–Trinajstić information content (AvgIpc) is 1.76. The number of hydrogen-bond acceptors (Lipinski definition) is 3. The predicted octanol–water partition coefficient (Wildman–Crippen LogP) is 1.26. The summed E-state index contributed by atoms with van der Waals surface area (Å²) in [7, 11) is 0. The van der Waals surface area contributed by atoms with Crippen LogP contribution in [-0.4, -0.2) is 55.8 Å². The fourth-order valence-corrected chi connectivity index (χ4v) is 0. The van der Waals surface area contributed by atoms with Crippen molar-refractivity contribution in [2.24, 2.45) is 0 Å². The van der Waals surface area contributed by atoms with Gasteiger partial charge in [-0.3, -0.25) is 14.4 Å². The standard InChI is InChI=1S/C3H7.3C2H4O2.Sn/c1-3-2;3*1-2(3)4;/h3H,1-2H3;3*1H3,(H,3,4);. The van der Waals surface area contributed by atoms with E-state index in [-0.39, 0.29) is 0 Å². The van der Waals surface area contributed by atoms with Crippen molar-refractivity contribution in [1.82, 2.24) is 0 Å². The quantitative estimate of drug-likeness (QED) is 0.572. The molecule has 6 nitrogen and oxygen atoms in total. The van der Waals surface area contributed by atoms with Crippen molar-refractivity contribution in [3.8, 4) is 0 Å². The van der Waals surface area contributed by atoms with Gasteiger partial charge in [0.15, 0.2) is 0 Å². The van der Waals surface area contributed by atoms with Crippen LogP contribution < -0.4 is 0 Å². The van der Waals surface area contributed by atoms with E-state index in [9.17, 15) is 0 Å². The third kappa shape index (κ3) is 3140. The first-order chi connectivity index (χ1) is 6.93. The fourth-order valence-electron chi connectivity index (χ4n) is 0. The van der Waals surface area contributed by atoms with Crippen LogP contribution in [0.15, 0.2) is 0 Å². The second kappa shape index (κ2) is 19.7. The zero-order valence-electron chi connectivity index (χ0n) is 10.1. The molecule has 0 aromatic rings. The van der Waals surface area contributed by atoms with Crippen molar-refractivity contribution in [3.05, 3.63) is 0 Å². The molecule has 0 fully saturated rings. The molecule has 3 N–H and O–H groups in total. The zero-order chi connectivity index (χ0) is 14.3. The molecule has 16 heavy (non-hydrogen) atoms. The van der Waals surface area contributed by atoms with Crippen molar-refractivity contribution >= 4 is 40.4 Å². The number of carbonyl (C=O) groups is 3. The Morgan fingerprint density at radius 1 is 0.812 bits per heavy atom. The Labute approximate surface area is 109 Å². The molecule has 0 aliphatic carbocycles. The third-order valence-corrected chi connectivity index (χ3v) is 0. The first-order valence-electron chi connectivity index (χ1n) is 4.23. The van der Waals surface area contributed by atoms with Crippen LogP contribution in [0.4, 0.5) is 0 Å². The van der Waals surface area contributed by atoms with Gasteiger partial charge in [-0.1, -0.05) is 0 Å². The van der Waals surface area contributed by atoms with Crippen LogP contribution in [0, 0.1) is 0 Å². The van der Waals surface area contributed by atoms with E-state index < -0.39 is 17.9 Å². The third-order valence-electron chi connectivity index (χ3n) is 0. The summed E-state index contributed by atoms with van der Waals surface area (Å²) >= 11 is 1.64. The summed E-state index contributed by atoms with van der Waals surface area (Å²) in [5.74, 6) is -2.50. The molecule has 0 spiro atoms. The summed E-state index contributed by atoms with van der Waals surface area (Å²) in [5.41, 5.74) is 0. The maximum absolute atomic E-state index is 9.00. The van der Waals surface area contributed by atoms with Gasteiger partial charge in [0.25, 0.3) is 17.9 Å². The Hall–Kier alpha value is -0.791. The zero-order valence-corrected chi connectivity index (χ0v) is 13.0. The minimum atomic E-state index is -0.833. The minimum absolute atomic E-state index is 0.833. The summed E-state index contributed by atoms with van der Waals surface area (Å²) in [6.07, 6.45) is 0. The molecule has 0 heterocycles. The van der Waals surface area contributed by atoms with Crippen molar-refractivity contribution in [3.63, 3.8) is 0 Å². The summed E-state index contributed by atoms with van der Waals surface area (Å²) in [6, 6.07) is 0. The van der Waals surface area contributed by atoms with Gasteiger partial charge in [-0.05, 0) is 0 Å². The molecule has 0 unspecified atom stereocenters. The van der Waals surface area contributed by atoms with Gasteiger partial charge in [-0.25, -0.2) is 0 Å². The Balaban J connectivity index is -0.0000000600. The van der Waals surface area contributed by atoms with Crippen LogP contribution in [0.3, 0.4) is 0 Å².